The normalized spacial score (nSPS) is 12.5. The lowest BCUT2D eigenvalue weighted by molar-refractivity contribution is -0.144. The second-order valence-corrected chi connectivity index (χ2v) is 6.26. The standard InChI is InChI=1S/C19H19ClN2O5/c20-15-8-13-10-25-12-27-18(13)14(9-15)11-26-17(23)6-7-21-19(24)22-16-4-2-1-3-5-16/h1-5,8-9H,6-7,10-12H2,(H2,21,22,24). The van der Waals surface area contributed by atoms with Gasteiger partial charge in [0.15, 0.2) is 6.79 Å². The highest BCUT2D eigenvalue weighted by Crippen LogP contribution is 2.32. The minimum atomic E-state index is -0.434. The van der Waals surface area contributed by atoms with Crippen LogP contribution in [0.4, 0.5) is 10.5 Å². The third kappa shape index (κ3) is 5.60. The summed E-state index contributed by atoms with van der Waals surface area (Å²) in [6.45, 7) is 0.751. The van der Waals surface area contributed by atoms with Gasteiger partial charge < -0.3 is 24.8 Å². The number of benzene rings is 2. The second-order valence-electron chi connectivity index (χ2n) is 5.82. The van der Waals surface area contributed by atoms with E-state index in [0.29, 0.717) is 28.6 Å². The summed E-state index contributed by atoms with van der Waals surface area (Å²) in [4.78, 5) is 23.7. The van der Waals surface area contributed by atoms with Crippen molar-refractivity contribution in [1.82, 2.24) is 5.32 Å². The molecule has 0 spiro atoms. The van der Waals surface area contributed by atoms with Gasteiger partial charge in [0.1, 0.15) is 12.4 Å². The second kappa shape index (κ2) is 9.25. The minimum absolute atomic E-state index is 0.0396. The van der Waals surface area contributed by atoms with Crippen LogP contribution in [0.1, 0.15) is 17.5 Å². The number of fused-ring (bicyclic) bond motifs is 1. The zero-order chi connectivity index (χ0) is 19.1. The Kier molecular flexibility index (Phi) is 6.51. The number of hydrogen-bond acceptors (Lipinski definition) is 5. The highest BCUT2D eigenvalue weighted by Gasteiger charge is 2.17. The number of amides is 2. The molecule has 3 rings (SSSR count). The number of ether oxygens (including phenoxy) is 3. The molecule has 2 amide bonds. The van der Waals surface area contributed by atoms with E-state index in [1.165, 1.54) is 0 Å². The molecule has 0 radical (unpaired) electrons. The lowest BCUT2D eigenvalue weighted by Gasteiger charge is -2.21. The molecule has 1 aliphatic rings. The van der Waals surface area contributed by atoms with Crippen LogP contribution in [0.3, 0.4) is 0 Å². The summed E-state index contributed by atoms with van der Waals surface area (Å²) in [5.74, 6) is 0.203. The average Bonchev–Trinajstić information content (AvgIpc) is 2.66. The predicted molar refractivity (Wildman–Crippen MR) is 99.6 cm³/mol. The molecule has 0 atom stereocenters. The molecule has 8 heteroatoms. The highest BCUT2D eigenvalue weighted by molar-refractivity contribution is 6.30. The Labute approximate surface area is 161 Å². The van der Waals surface area contributed by atoms with Gasteiger partial charge in [-0.1, -0.05) is 29.8 Å². The maximum Gasteiger partial charge on any atom is 0.319 e. The number of carbonyl (C=O) groups is 2. The lowest BCUT2D eigenvalue weighted by Crippen LogP contribution is -2.30. The van der Waals surface area contributed by atoms with Crippen molar-refractivity contribution in [3.8, 4) is 5.75 Å². The molecule has 0 saturated carbocycles. The molecule has 1 heterocycles. The van der Waals surface area contributed by atoms with Crippen molar-refractivity contribution >= 4 is 29.3 Å². The molecule has 0 saturated heterocycles. The van der Waals surface area contributed by atoms with Crippen molar-refractivity contribution in [3.05, 3.63) is 58.6 Å². The fourth-order valence-corrected chi connectivity index (χ4v) is 2.83. The zero-order valence-corrected chi connectivity index (χ0v) is 15.3. The fraction of sp³-hybridized carbons (Fsp3) is 0.263. The van der Waals surface area contributed by atoms with E-state index in [0.717, 1.165) is 5.56 Å². The molecule has 2 aromatic rings. The smallest absolute Gasteiger partial charge is 0.319 e. The Morgan fingerprint density at radius 2 is 2.00 bits per heavy atom. The molecule has 27 heavy (non-hydrogen) atoms. The number of halogens is 1. The van der Waals surface area contributed by atoms with Gasteiger partial charge in [0.05, 0.1) is 13.0 Å². The van der Waals surface area contributed by atoms with Gasteiger partial charge in [-0.25, -0.2) is 4.79 Å². The molecular formula is C19H19ClN2O5. The van der Waals surface area contributed by atoms with Gasteiger partial charge in [-0.2, -0.15) is 0 Å². The van der Waals surface area contributed by atoms with Crippen molar-refractivity contribution in [1.29, 1.82) is 0 Å². The summed E-state index contributed by atoms with van der Waals surface area (Å²) in [6, 6.07) is 12.1. The summed E-state index contributed by atoms with van der Waals surface area (Å²) < 4.78 is 15.9. The molecule has 0 aromatic heterocycles. The van der Waals surface area contributed by atoms with Crippen molar-refractivity contribution in [2.75, 3.05) is 18.7 Å². The molecule has 7 nitrogen and oxygen atoms in total. The van der Waals surface area contributed by atoms with Gasteiger partial charge in [-0.15, -0.1) is 0 Å². The van der Waals surface area contributed by atoms with Gasteiger partial charge in [0.25, 0.3) is 0 Å². The molecular weight excluding hydrogens is 372 g/mol. The van der Waals surface area contributed by atoms with Crippen LogP contribution in [0.25, 0.3) is 0 Å². The minimum Gasteiger partial charge on any atom is -0.467 e. The van der Waals surface area contributed by atoms with E-state index in [2.05, 4.69) is 10.6 Å². The van der Waals surface area contributed by atoms with E-state index in [4.69, 9.17) is 25.8 Å². The Morgan fingerprint density at radius 1 is 1.19 bits per heavy atom. The van der Waals surface area contributed by atoms with E-state index in [1.54, 1.807) is 24.3 Å². The van der Waals surface area contributed by atoms with E-state index >= 15 is 0 Å². The largest absolute Gasteiger partial charge is 0.467 e. The van der Waals surface area contributed by atoms with Gasteiger partial charge in [-0.3, -0.25) is 4.79 Å². The van der Waals surface area contributed by atoms with Crippen molar-refractivity contribution in [3.63, 3.8) is 0 Å². The molecule has 1 aliphatic heterocycles. The molecule has 0 fully saturated rings. The number of hydrogen-bond donors (Lipinski definition) is 2. The first kappa shape index (κ1) is 19.0. The molecule has 142 valence electrons. The van der Waals surface area contributed by atoms with Crippen LogP contribution in [-0.2, 0) is 27.5 Å². The van der Waals surface area contributed by atoms with Crippen LogP contribution in [0.2, 0.25) is 5.02 Å². The van der Waals surface area contributed by atoms with E-state index in [-0.39, 0.29) is 32.4 Å². The van der Waals surface area contributed by atoms with Crippen LogP contribution >= 0.6 is 11.6 Å². The molecule has 0 aliphatic carbocycles. The number of para-hydroxylation sites is 1. The first-order chi connectivity index (χ1) is 13.1. The van der Waals surface area contributed by atoms with Crippen LogP contribution in [0.5, 0.6) is 5.75 Å². The number of rotatable bonds is 6. The van der Waals surface area contributed by atoms with Gasteiger partial charge in [0.2, 0.25) is 0 Å². The summed E-state index contributed by atoms with van der Waals surface area (Å²) in [6.07, 6.45) is 0.0505. The van der Waals surface area contributed by atoms with Crippen molar-refractivity contribution < 1.29 is 23.8 Å². The van der Waals surface area contributed by atoms with Crippen molar-refractivity contribution in [2.24, 2.45) is 0 Å². The quantitative estimate of drug-likeness (QED) is 0.738. The van der Waals surface area contributed by atoms with Crippen molar-refractivity contribution in [2.45, 2.75) is 19.6 Å². The third-order valence-electron chi connectivity index (χ3n) is 3.79. The number of carbonyl (C=O) groups excluding carboxylic acids is 2. The summed E-state index contributed by atoms with van der Waals surface area (Å²) in [5, 5.41) is 5.80. The molecule has 2 N–H and O–H groups in total. The van der Waals surface area contributed by atoms with E-state index < -0.39 is 5.97 Å². The highest BCUT2D eigenvalue weighted by atomic mass is 35.5. The Hall–Kier alpha value is -2.77. The number of urea groups is 1. The molecule has 2 aromatic carbocycles. The van der Waals surface area contributed by atoms with E-state index in [9.17, 15) is 9.59 Å². The fourth-order valence-electron chi connectivity index (χ4n) is 2.57. The molecule has 0 unspecified atom stereocenters. The average molecular weight is 391 g/mol. The lowest BCUT2D eigenvalue weighted by atomic mass is 10.1. The van der Waals surface area contributed by atoms with E-state index in [1.807, 2.05) is 18.2 Å². The maximum absolute atomic E-state index is 11.9. The summed E-state index contributed by atoms with van der Waals surface area (Å²) in [7, 11) is 0. The Bertz CT molecular complexity index is 813. The summed E-state index contributed by atoms with van der Waals surface area (Å²) >= 11 is 6.08. The third-order valence-corrected chi connectivity index (χ3v) is 4.00. The Balaban J connectivity index is 1.42. The first-order valence-corrected chi connectivity index (χ1v) is 8.77. The number of nitrogens with one attached hydrogen (secondary N) is 2. The van der Waals surface area contributed by atoms with Crippen LogP contribution in [0.15, 0.2) is 42.5 Å². The Morgan fingerprint density at radius 3 is 2.81 bits per heavy atom. The number of anilines is 1. The predicted octanol–water partition coefficient (Wildman–Crippen LogP) is 3.46. The van der Waals surface area contributed by atoms with Gasteiger partial charge >= 0.3 is 12.0 Å². The number of esters is 1. The zero-order valence-electron chi connectivity index (χ0n) is 14.5. The van der Waals surface area contributed by atoms with Gasteiger partial charge in [0, 0.05) is 28.4 Å². The summed E-state index contributed by atoms with van der Waals surface area (Å²) in [5.41, 5.74) is 2.18. The monoisotopic (exact) mass is 390 g/mol. The van der Waals surface area contributed by atoms with Crippen LogP contribution in [-0.4, -0.2) is 25.3 Å². The van der Waals surface area contributed by atoms with Gasteiger partial charge in [-0.05, 0) is 24.3 Å². The SMILES string of the molecule is O=C(NCCC(=O)OCc1cc(Cl)cc2c1OCOC2)Nc1ccccc1. The van der Waals surface area contributed by atoms with Crippen LogP contribution < -0.4 is 15.4 Å². The first-order valence-electron chi connectivity index (χ1n) is 8.39. The topological polar surface area (TPSA) is 85.9 Å². The maximum atomic E-state index is 11.9. The molecule has 0 bridgehead atoms. The van der Waals surface area contributed by atoms with Crippen LogP contribution in [0, 0.1) is 0 Å².